The molecule has 0 saturated carbocycles. The molecule has 5 heteroatoms. The molecule has 2 rings (SSSR count). The van der Waals surface area contributed by atoms with Crippen molar-refractivity contribution in [3.63, 3.8) is 0 Å². The summed E-state index contributed by atoms with van der Waals surface area (Å²) < 4.78 is 0.601. The predicted molar refractivity (Wildman–Crippen MR) is 64.1 cm³/mol. The second-order valence-corrected chi connectivity index (χ2v) is 3.86. The van der Waals surface area contributed by atoms with E-state index in [4.69, 9.17) is 0 Å². The molecule has 1 aromatic carbocycles. The van der Waals surface area contributed by atoms with Crippen molar-refractivity contribution in [1.82, 2.24) is 9.97 Å². The fourth-order valence-electron chi connectivity index (χ4n) is 1.15. The second kappa shape index (κ2) is 4.85. The maximum Gasteiger partial charge on any atom is 0.275 e. The van der Waals surface area contributed by atoms with Gasteiger partial charge in [0.05, 0.1) is 12.4 Å². The number of benzene rings is 1. The molecule has 1 aromatic heterocycles. The van der Waals surface area contributed by atoms with E-state index in [1.807, 2.05) is 30.3 Å². The van der Waals surface area contributed by atoms with Crippen molar-refractivity contribution in [2.24, 2.45) is 0 Å². The number of rotatable bonds is 2. The summed E-state index contributed by atoms with van der Waals surface area (Å²) in [4.78, 5) is 19.6. The molecule has 0 bridgehead atoms. The average Bonchev–Trinajstić information content (AvgIpc) is 2.31. The van der Waals surface area contributed by atoms with E-state index >= 15 is 0 Å². The zero-order valence-corrected chi connectivity index (χ0v) is 9.81. The molecule has 1 heterocycles. The van der Waals surface area contributed by atoms with Gasteiger partial charge in [-0.15, -0.1) is 0 Å². The molecule has 4 nitrogen and oxygen atoms in total. The number of hydrogen-bond donors (Lipinski definition) is 1. The summed E-state index contributed by atoms with van der Waals surface area (Å²) in [6, 6.07) is 9.20. The Bertz CT molecular complexity index is 484. The van der Waals surface area contributed by atoms with Crippen LogP contribution in [-0.2, 0) is 0 Å². The number of para-hydroxylation sites is 1. The normalized spacial score (nSPS) is 9.81. The van der Waals surface area contributed by atoms with Crippen molar-refractivity contribution < 1.29 is 4.79 Å². The number of anilines is 1. The summed E-state index contributed by atoms with van der Waals surface area (Å²) in [7, 11) is 0. The van der Waals surface area contributed by atoms with Crippen LogP contribution in [0.4, 0.5) is 5.69 Å². The zero-order chi connectivity index (χ0) is 11.4. The third-order valence-corrected chi connectivity index (χ3v) is 2.29. The molecular formula is C11H8BrN3O. The van der Waals surface area contributed by atoms with Crippen LogP contribution in [0.3, 0.4) is 0 Å². The highest BCUT2D eigenvalue weighted by Gasteiger charge is 2.07. The summed E-state index contributed by atoms with van der Waals surface area (Å²) in [5.74, 6) is -0.272. The average molecular weight is 278 g/mol. The van der Waals surface area contributed by atoms with Crippen LogP contribution in [0.2, 0.25) is 0 Å². The SMILES string of the molecule is O=C(Nc1ccccc1)c1cnc(Br)cn1. The van der Waals surface area contributed by atoms with Crippen molar-refractivity contribution in [2.75, 3.05) is 5.32 Å². The first kappa shape index (κ1) is 10.8. The molecule has 0 aliphatic rings. The lowest BCUT2D eigenvalue weighted by Crippen LogP contribution is -2.13. The summed E-state index contributed by atoms with van der Waals surface area (Å²) in [6.07, 6.45) is 2.91. The van der Waals surface area contributed by atoms with Gasteiger partial charge in [-0.2, -0.15) is 0 Å². The van der Waals surface area contributed by atoms with Crippen LogP contribution < -0.4 is 5.32 Å². The Hall–Kier alpha value is -1.75. The third kappa shape index (κ3) is 2.64. The van der Waals surface area contributed by atoms with E-state index in [0.29, 0.717) is 4.60 Å². The van der Waals surface area contributed by atoms with Gasteiger partial charge in [0.25, 0.3) is 5.91 Å². The quantitative estimate of drug-likeness (QED) is 0.918. The number of nitrogens with zero attached hydrogens (tertiary/aromatic N) is 2. The molecule has 1 amide bonds. The molecule has 0 radical (unpaired) electrons. The Kier molecular flexibility index (Phi) is 3.26. The molecule has 1 N–H and O–H groups in total. The highest BCUT2D eigenvalue weighted by Crippen LogP contribution is 2.08. The van der Waals surface area contributed by atoms with Crippen molar-refractivity contribution >= 4 is 27.5 Å². The molecule has 0 aliphatic heterocycles. The zero-order valence-electron chi connectivity index (χ0n) is 8.22. The van der Waals surface area contributed by atoms with Crippen molar-refractivity contribution in [3.8, 4) is 0 Å². The van der Waals surface area contributed by atoms with Gasteiger partial charge in [-0.1, -0.05) is 18.2 Å². The molecule has 0 saturated heterocycles. The van der Waals surface area contributed by atoms with Gasteiger partial charge in [-0.05, 0) is 28.1 Å². The monoisotopic (exact) mass is 277 g/mol. The Labute approximate surface area is 101 Å². The minimum atomic E-state index is -0.272. The first-order valence-corrected chi connectivity index (χ1v) is 5.39. The highest BCUT2D eigenvalue weighted by atomic mass is 79.9. The van der Waals surface area contributed by atoms with Gasteiger partial charge < -0.3 is 5.32 Å². The molecule has 0 unspecified atom stereocenters. The van der Waals surface area contributed by atoms with Gasteiger partial charge >= 0.3 is 0 Å². The largest absolute Gasteiger partial charge is 0.321 e. The van der Waals surface area contributed by atoms with Crippen molar-refractivity contribution in [1.29, 1.82) is 0 Å². The van der Waals surface area contributed by atoms with Gasteiger partial charge in [0, 0.05) is 5.69 Å². The number of carbonyl (C=O) groups excluding carboxylic acids is 1. The van der Waals surface area contributed by atoms with E-state index in [9.17, 15) is 4.79 Å². The van der Waals surface area contributed by atoms with Crippen LogP contribution in [0.15, 0.2) is 47.3 Å². The number of aromatic nitrogens is 2. The van der Waals surface area contributed by atoms with E-state index < -0.39 is 0 Å². The number of amides is 1. The Balaban J connectivity index is 2.12. The second-order valence-electron chi connectivity index (χ2n) is 3.04. The number of nitrogens with one attached hydrogen (secondary N) is 1. The van der Waals surface area contributed by atoms with E-state index in [-0.39, 0.29) is 11.6 Å². The molecule has 16 heavy (non-hydrogen) atoms. The minimum absolute atomic E-state index is 0.272. The fraction of sp³-hybridized carbons (Fsp3) is 0. The van der Waals surface area contributed by atoms with Gasteiger partial charge in [0.2, 0.25) is 0 Å². The first-order valence-electron chi connectivity index (χ1n) is 4.59. The van der Waals surface area contributed by atoms with Crippen LogP contribution in [0, 0.1) is 0 Å². The van der Waals surface area contributed by atoms with Crippen LogP contribution in [0.5, 0.6) is 0 Å². The molecule has 80 valence electrons. The molecular weight excluding hydrogens is 270 g/mol. The predicted octanol–water partition coefficient (Wildman–Crippen LogP) is 2.49. The minimum Gasteiger partial charge on any atom is -0.321 e. The summed E-state index contributed by atoms with van der Waals surface area (Å²) in [5, 5.41) is 2.72. The number of hydrogen-bond acceptors (Lipinski definition) is 3. The number of halogens is 1. The molecule has 0 atom stereocenters. The molecule has 0 spiro atoms. The lowest BCUT2D eigenvalue weighted by Gasteiger charge is -2.03. The van der Waals surface area contributed by atoms with Crippen LogP contribution in [0.25, 0.3) is 0 Å². The summed E-state index contributed by atoms with van der Waals surface area (Å²) >= 11 is 3.16. The maximum atomic E-state index is 11.7. The van der Waals surface area contributed by atoms with E-state index in [0.717, 1.165) is 5.69 Å². The Morgan fingerprint density at radius 2 is 1.88 bits per heavy atom. The smallest absolute Gasteiger partial charge is 0.275 e. The fourth-order valence-corrected chi connectivity index (χ4v) is 1.35. The van der Waals surface area contributed by atoms with Crippen molar-refractivity contribution in [2.45, 2.75) is 0 Å². The van der Waals surface area contributed by atoms with Crippen LogP contribution in [0.1, 0.15) is 10.5 Å². The van der Waals surface area contributed by atoms with Crippen molar-refractivity contribution in [3.05, 3.63) is 53.0 Å². The van der Waals surface area contributed by atoms with E-state index in [2.05, 4.69) is 31.2 Å². The van der Waals surface area contributed by atoms with E-state index in [1.165, 1.54) is 12.4 Å². The van der Waals surface area contributed by atoms with Crippen LogP contribution in [-0.4, -0.2) is 15.9 Å². The topological polar surface area (TPSA) is 54.9 Å². The lowest BCUT2D eigenvalue weighted by atomic mass is 10.3. The lowest BCUT2D eigenvalue weighted by molar-refractivity contribution is 0.102. The molecule has 0 fully saturated rings. The van der Waals surface area contributed by atoms with Gasteiger partial charge in [0.15, 0.2) is 0 Å². The first-order chi connectivity index (χ1) is 7.75. The van der Waals surface area contributed by atoms with Gasteiger partial charge in [-0.3, -0.25) is 4.79 Å². The highest BCUT2D eigenvalue weighted by molar-refractivity contribution is 9.10. The van der Waals surface area contributed by atoms with Crippen LogP contribution >= 0.6 is 15.9 Å². The Morgan fingerprint density at radius 1 is 1.12 bits per heavy atom. The maximum absolute atomic E-state index is 11.7. The standard InChI is InChI=1S/C11H8BrN3O/c12-10-7-13-9(6-14-10)11(16)15-8-4-2-1-3-5-8/h1-7H,(H,15,16). The summed E-state index contributed by atoms with van der Waals surface area (Å²) in [5.41, 5.74) is 1.02. The summed E-state index contributed by atoms with van der Waals surface area (Å²) in [6.45, 7) is 0. The molecule has 0 aliphatic carbocycles. The van der Waals surface area contributed by atoms with Gasteiger partial charge in [-0.25, -0.2) is 9.97 Å². The van der Waals surface area contributed by atoms with E-state index in [1.54, 1.807) is 0 Å². The third-order valence-electron chi connectivity index (χ3n) is 1.88. The molecule has 2 aromatic rings. The van der Waals surface area contributed by atoms with Gasteiger partial charge in [0.1, 0.15) is 10.3 Å². The Morgan fingerprint density at radius 3 is 2.50 bits per heavy atom. The number of carbonyl (C=O) groups is 1.